The largest absolute Gasteiger partial charge is 0.469 e. The summed E-state index contributed by atoms with van der Waals surface area (Å²) in [5, 5.41) is 0. The minimum Gasteiger partial charge on any atom is -0.469 e. The molecule has 0 heterocycles. The summed E-state index contributed by atoms with van der Waals surface area (Å²) in [5.41, 5.74) is 0.968. The van der Waals surface area contributed by atoms with Gasteiger partial charge in [0.25, 0.3) is 0 Å². The monoisotopic (exact) mass is 588 g/mol. The molecule has 0 amide bonds. The first-order chi connectivity index (χ1) is 20.1. The van der Waals surface area contributed by atoms with Crippen molar-refractivity contribution in [3.63, 3.8) is 0 Å². The Morgan fingerprint density at radius 1 is 0.837 bits per heavy atom. The zero-order valence-corrected chi connectivity index (χ0v) is 27.7. The average molecular weight is 589 g/mol. The number of rotatable bonds is 3. The van der Waals surface area contributed by atoms with E-state index in [1.54, 1.807) is 19.2 Å². The number of ketones is 1. The van der Waals surface area contributed by atoms with E-state index < -0.39 is 22.9 Å². The Balaban J connectivity index is 1.39. The maximum absolute atomic E-state index is 14.0. The molecule has 43 heavy (non-hydrogen) atoms. The average Bonchev–Trinajstić information content (AvgIpc) is 2.96. The SMILES string of the molecule is COC(=O)[C@]12CCC(C)(C)C[C@H]1C1=CC[C@@H]3[C@@]4(C)C[C@@H](OC(=O)c5ccccc5)C(=O)C(C)(C)[C@@H]4CC[C@@]3(C)[C@]1(C)CC2. The van der Waals surface area contributed by atoms with Crippen molar-refractivity contribution in [3.8, 4) is 0 Å². The van der Waals surface area contributed by atoms with Gasteiger partial charge in [-0.3, -0.25) is 9.59 Å². The molecule has 5 aliphatic rings. The molecule has 1 aromatic rings. The molecule has 4 fully saturated rings. The van der Waals surface area contributed by atoms with Crippen LogP contribution in [0.3, 0.4) is 0 Å². The molecule has 0 aromatic heterocycles. The molecule has 0 spiro atoms. The quantitative estimate of drug-likeness (QED) is 0.262. The molecule has 0 aliphatic heterocycles. The van der Waals surface area contributed by atoms with Gasteiger partial charge in [-0.2, -0.15) is 0 Å². The molecule has 4 saturated carbocycles. The highest BCUT2D eigenvalue weighted by Crippen LogP contribution is 2.75. The van der Waals surface area contributed by atoms with Gasteiger partial charge in [0.1, 0.15) is 0 Å². The van der Waals surface area contributed by atoms with Gasteiger partial charge in [0.05, 0.1) is 18.1 Å². The van der Waals surface area contributed by atoms with E-state index in [4.69, 9.17) is 9.47 Å². The Kier molecular flexibility index (Phi) is 6.96. The van der Waals surface area contributed by atoms with Crippen molar-refractivity contribution in [2.45, 2.75) is 112 Å². The number of hydrogen-bond donors (Lipinski definition) is 0. The number of carbonyl (C=O) groups excluding carboxylic acids is 3. The number of methoxy groups -OCH3 is 1. The number of hydrogen-bond acceptors (Lipinski definition) is 5. The fourth-order valence-electron chi connectivity index (χ4n) is 11.6. The lowest BCUT2D eigenvalue weighted by Crippen LogP contribution is -2.66. The van der Waals surface area contributed by atoms with E-state index in [1.807, 2.05) is 18.2 Å². The molecule has 8 atom stereocenters. The second-order valence-corrected chi connectivity index (χ2v) is 16.9. The van der Waals surface area contributed by atoms with Crippen molar-refractivity contribution in [1.82, 2.24) is 0 Å². The van der Waals surface area contributed by atoms with Crippen molar-refractivity contribution in [1.29, 1.82) is 0 Å². The third kappa shape index (κ3) is 4.18. The van der Waals surface area contributed by atoms with E-state index in [2.05, 4.69) is 54.5 Å². The topological polar surface area (TPSA) is 69.7 Å². The summed E-state index contributed by atoms with van der Waals surface area (Å²) in [6.45, 7) is 16.3. The minimum atomic E-state index is -0.748. The fraction of sp³-hybridized carbons (Fsp3) is 0.711. The molecule has 6 rings (SSSR count). The highest BCUT2D eigenvalue weighted by atomic mass is 16.5. The van der Waals surface area contributed by atoms with E-state index in [0.29, 0.717) is 17.9 Å². The molecular formula is C38H52O5. The minimum absolute atomic E-state index is 0.0106. The normalized spacial score (nSPS) is 42.7. The highest BCUT2D eigenvalue weighted by molar-refractivity contribution is 5.95. The van der Waals surface area contributed by atoms with Crippen molar-refractivity contribution in [2.75, 3.05) is 7.11 Å². The number of carbonyl (C=O) groups is 3. The standard InChI is InChI=1S/C38H52O5/c1-33(2)18-20-38(32(41)42-8)21-19-36(6)25(26(38)22-33)14-15-29-35(5)23-27(43-31(40)24-12-10-9-11-13-24)30(39)34(3,4)28(35)16-17-37(29,36)7/h9-14,26-29H,15-23H2,1-8H3/t26-,27+,28-,29+,35-,36+,37+,38-/m0/s1. The first-order valence-corrected chi connectivity index (χ1v) is 16.7. The van der Waals surface area contributed by atoms with Crippen molar-refractivity contribution in [2.24, 2.45) is 50.2 Å². The summed E-state index contributed by atoms with van der Waals surface area (Å²) in [6, 6.07) is 9.03. The zero-order chi connectivity index (χ0) is 31.2. The van der Waals surface area contributed by atoms with E-state index in [9.17, 15) is 14.4 Å². The Labute approximate surface area is 258 Å². The Morgan fingerprint density at radius 2 is 1.51 bits per heavy atom. The van der Waals surface area contributed by atoms with Crippen LogP contribution in [0.2, 0.25) is 0 Å². The first kappa shape index (κ1) is 30.6. The van der Waals surface area contributed by atoms with E-state index >= 15 is 0 Å². The maximum Gasteiger partial charge on any atom is 0.338 e. The van der Waals surface area contributed by atoms with Gasteiger partial charge in [0.15, 0.2) is 11.9 Å². The lowest BCUT2D eigenvalue weighted by atomic mass is 9.33. The van der Waals surface area contributed by atoms with Crippen molar-refractivity contribution < 1.29 is 23.9 Å². The number of ether oxygens (including phenoxy) is 2. The number of benzene rings is 1. The number of esters is 2. The van der Waals surface area contributed by atoms with E-state index in [0.717, 1.165) is 51.4 Å². The number of allylic oxidation sites excluding steroid dienone is 2. The van der Waals surface area contributed by atoms with Gasteiger partial charge in [-0.05, 0) is 109 Å². The summed E-state index contributed by atoms with van der Waals surface area (Å²) in [6.07, 6.45) is 10.2. The van der Waals surface area contributed by atoms with Gasteiger partial charge < -0.3 is 9.47 Å². The van der Waals surface area contributed by atoms with Crippen molar-refractivity contribution in [3.05, 3.63) is 47.5 Å². The smallest absolute Gasteiger partial charge is 0.338 e. The summed E-state index contributed by atoms with van der Waals surface area (Å²) in [4.78, 5) is 40.7. The summed E-state index contributed by atoms with van der Waals surface area (Å²) in [7, 11) is 1.56. The maximum atomic E-state index is 14.0. The Bertz CT molecular complexity index is 1360. The highest BCUT2D eigenvalue weighted by Gasteiger charge is 2.70. The molecule has 5 nitrogen and oxygen atoms in total. The molecule has 5 heteroatoms. The van der Waals surface area contributed by atoms with Gasteiger partial charge in [0, 0.05) is 5.41 Å². The van der Waals surface area contributed by atoms with Crippen LogP contribution in [0.4, 0.5) is 0 Å². The molecule has 234 valence electrons. The van der Waals surface area contributed by atoms with E-state index in [-0.39, 0.29) is 45.2 Å². The third-order valence-corrected chi connectivity index (χ3v) is 14.2. The predicted octanol–water partition coefficient (Wildman–Crippen LogP) is 8.37. The van der Waals surface area contributed by atoms with Crippen LogP contribution < -0.4 is 0 Å². The molecule has 5 aliphatic carbocycles. The second kappa shape index (κ2) is 9.78. The zero-order valence-electron chi connectivity index (χ0n) is 27.7. The summed E-state index contributed by atoms with van der Waals surface area (Å²) in [5.74, 6) is 0.400. The molecular weight excluding hydrogens is 536 g/mol. The van der Waals surface area contributed by atoms with Crippen LogP contribution in [-0.2, 0) is 19.1 Å². The van der Waals surface area contributed by atoms with Gasteiger partial charge in [0.2, 0.25) is 0 Å². The summed E-state index contributed by atoms with van der Waals surface area (Å²) < 4.78 is 11.6. The molecule has 0 saturated heterocycles. The molecule has 0 unspecified atom stereocenters. The molecule has 1 aromatic carbocycles. The molecule has 0 bridgehead atoms. The summed E-state index contributed by atoms with van der Waals surface area (Å²) >= 11 is 0. The third-order valence-electron chi connectivity index (χ3n) is 14.2. The van der Waals surface area contributed by atoms with Gasteiger partial charge >= 0.3 is 11.9 Å². The fourth-order valence-corrected chi connectivity index (χ4v) is 11.6. The van der Waals surface area contributed by atoms with E-state index in [1.165, 1.54) is 5.57 Å². The van der Waals surface area contributed by atoms with Crippen LogP contribution in [0.1, 0.15) is 117 Å². The van der Waals surface area contributed by atoms with Crippen LogP contribution in [0.15, 0.2) is 42.0 Å². The van der Waals surface area contributed by atoms with Gasteiger partial charge in [-0.25, -0.2) is 4.79 Å². The van der Waals surface area contributed by atoms with Crippen molar-refractivity contribution >= 4 is 17.7 Å². The predicted molar refractivity (Wildman–Crippen MR) is 167 cm³/mol. The molecule has 0 N–H and O–H groups in total. The van der Waals surface area contributed by atoms with Crippen LogP contribution in [0.5, 0.6) is 0 Å². The van der Waals surface area contributed by atoms with Crippen LogP contribution in [0, 0.1) is 50.2 Å². The second-order valence-electron chi connectivity index (χ2n) is 16.9. The van der Waals surface area contributed by atoms with Crippen LogP contribution >= 0.6 is 0 Å². The van der Waals surface area contributed by atoms with Gasteiger partial charge in [-0.1, -0.05) is 78.3 Å². The lowest BCUT2D eigenvalue weighted by Gasteiger charge is -2.70. The van der Waals surface area contributed by atoms with Crippen LogP contribution in [0.25, 0.3) is 0 Å². The number of Topliss-reactive ketones (excluding diaryl/α,β-unsaturated/α-hetero) is 1. The Morgan fingerprint density at radius 3 is 2.19 bits per heavy atom. The number of fused-ring (bicyclic) bond motifs is 7. The van der Waals surface area contributed by atoms with Crippen LogP contribution in [-0.4, -0.2) is 30.9 Å². The Hall–Kier alpha value is -2.43. The molecule has 0 radical (unpaired) electrons. The van der Waals surface area contributed by atoms with Gasteiger partial charge in [-0.15, -0.1) is 0 Å². The lowest BCUT2D eigenvalue weighted by molar-refractivity contribution is -0.201. The first-order valence-electron chi connectivity index (χ1n) is 16.7.